The van der Waals surface area contributed by atoms with Crippen LogP contribution in [0.5, 0.6) is 0 Å². The van der Waals surface area contributed by atoms with Gasteiger partial charge >= 0.3 is 0 Å². The van der Waals surface area contributed by atoms with Crippen molar-refractivity contribution in [2.24, 2.45) is 0 Å². The molecule has 1 unspecified atom stereocenters. The third-order valence-electron chi connectivity index (χ3n) is 3.64. The minimum absolute atomic E-state index is 0.749. The molecule has 1 atom stereocenters. The Morgan fingerprint density at radius 1 is 1.31 bits per heavy atom. The minimum atomic E-state index is 0.749. The van der Waals surface area contributed by atoms with E-state index in [1.807, 2.05) is 0 Å². The van der Waals surface area contributed by atoms with Gasteiger partial charge in [0.2, 0.25) is 0 Å². The van der Waals surface area contributed by atoms with Crippen LogP contribution < -0.4 is 5.32 Å². The Labute approximate surface area is 106 Å². The van der Waals surface area contributed by atoms with Crippen molar-refractivity contribution in [2.75, 3.05) is 31.9 Å². The molecule has 0 bridgehead atoms. The molecule has 0 spiro atoms. The first-order valence-corrected chi connectivity index (χ1v) is 7.89. The van der Waals surface area contributed by atoms with E-state index < -0.39 is 0 Å². The summed E-state index contributed by atoms with van der Waals surface area (Å²) in [6.45, 7) is 11.8. The van der Waals surface area contributed by atoms with E-state index in [0.717, 1.165) is 11.3 Å². The van der Waals surface area contributed by atoms with Crippen molar-refractivity contribution in [1.82, 2.24) is 10.2 Å². The van der Waals surface area contributed by atoms with E-state index in [0.29, 0.717) is 0 Å². The first-order valence-electron chi connectivity index (χ1n) is 6.84. The van der Waals surface area contributed by atoms with Gasteiger partial charge < -0.3 is 10.2 Å². The third-order valence-corrected chi connectivity index (χ3v) is 5.00. The van der Waals surface area contributed by atoms with Crippen LogP contribution in [0.4, 0.5) is 0 Å². The number of nitrogens with zero attached hydrogens (tertiary/aromatic N) is 1. The van der Waals surface area contributed by atoms with Crippen molar-refractivity contribution in [3.8, 4) is 0 Å². The molecule has 0 radical (unpaired) electrons. The fourth-order valence-electron chi connectivity index (χ4n) is 2.25. The fourth-order valence-corrected chi connectivity index (χ4v) is 3.49. The lowest BCUT2D eigenvalue weighted by Crippen LogP contribution is -2.35. The zero-order valence-electron chi connectivity index (χ0n) is 11.2. The maximum absolute atomic E-state index is 3.43. The van der Waals surface area contributed by atoms with E-state index in [4.69, 9.17) is 0 Å². The zero-order chi connectivity index (χ0) is 11.8. The number of piperidine rings is 1. The summed E-state index contributed by atoms with van der Waals surface area (Å²) in [6.07, 6.45) is 3.99. The Morgan fingerprint density at radius 2 is 2.00 bits per heavy atom. The number of rotatable bonds is 7. The van der Waals surface area contributed by atoms with Gasteiger partial charge in [-0.05, 0) is 45.8 Å². The number of nitrogens with one attached hydrogen (secondary N) is 1. The summed E-state index contributed by atoms with van der Waals surface area (Å²) in [5.74, 6) is 1.31. The van der Waals surface area contributed by atoms with Gasteiger partial charge in [-0.25, -0.2) is 0 Å². The van der Waals surface area contributed by atoms with Crippen LogP contribution in [0.25, 0.3) is 0 Å². The second-order valence-corrected chi connectivity index (χ2v) is 6.11. The molecular weight excluding hydrogens is 216 g/mol. The van der Waals surface area contributed by atoms with Crippen molar-refractivity contribution in [1.29, 1.82) is 0 Å². The Morgan fingerprint density at radius 3 is 2.56 bits per heavy atom. The average Bonchev–Trinajstić information content (AvgIpc) is 2.35. The van der Waals surface area contributed by atoms with E-state index >= 15 is 0 Å². The van der Waals surface area contributed by atoms with Gasteiger partial charge in [0.1, 0.15) is 0 Å². The van der Waals surface area contributed by atoms with Crippen LogP contribution >= 0.6 is 11.8 Å². The van der Waals surface area contributed by atoms with E-state index in [1.165, 1.54) is 51.2 Å². The summed E-state index contributed by atoms with van der Waals surface area (Å²) in [4.78, 5) is 2.61. The van der Waals surface area contributed by atoms with Gasteiger partial charge in [-0.2, -0.15) is 11.8 Å². The van der Waals surface area contributed by atoms with Gasteiger partial charge in [-0.3, -0.25) is 0 Å². The van der Waals surface area contributed by atoms with Crippen LogP contribution in [0, 0.1) is 0 Å². The van der Waals surface area contributed by atoms with Crippen molar-refractivity contribution < 1.29 is 0 Å². The molecule has 0 aliphatic carbocycles. The number of hydrogen-bond donors (Lipinski definition) is 1. The van der Waals surface area contributed by atoms with Crippen LogP contribution in [0.2, 0.25) is 0 Å². The Bertz CT molecular complexity index is 169. The normalized spacial score (nSPS) is 20.2. The molecule has 2 nitrogen and oxygen atoms in total. The second kappa shape index (κ2) is 8.37. The molecule has 3 heteroatoms. The van der Waals surface area contributed by atoms with Crippen molar-refractivity contribution in [3.05, 3.63) is 0 Å². The SMILES string of the molecule is CCC(C)N(CC)CCSC1CCNCC1. The Balaban J connectivity index is 2.12. The van der Waals surface area contributed by atoms with Gasteiger partial charge in [0, 0.05) is 23.6 Å². The first-order chi connectivity index (χ1) is 7.77. The molecule has 0 saturated carbocycles. The first kappa shape index (κ1) is 14.3. The summed E-state index contributed by atoms with van der Waals surface area (Å²) in [7, 11) is 0. The predicted molar refractivity (Wildman–Crippen MR) is 75.3 cm³/mol. The molecule has 1 fully saturated rings. The van der Waals surface area contributed by atoms with Crippen LogP contribution in [-0.2, 0) is 0 Å². The zero-order valence-corrected chi connectivity index (χ0v) is 12.0. The molecule has 1 aliphatic heterocycles. The average molecular weight is 244 g/mol. The van der Waals surface area contributed by atoms with E-state index in [2.05, 4.69) is 42.7 Å². The molecule has 96 valence electrons. The van der Waals surface area contributed by atoms with E-state index in [1.54, 1.807) is 0 Å². The van der Waals surface area contributed by atoms with E-state index in [-0.39, 0.29) is 0 Å². The van der Waals surface area contributed by atoms with Gasteiger partial charge in [-0.15, -0.1) is 0 Å². The highest BCUT2D eigenvalue weighted by Crippen LogP contribution is 2.20. The van der Waals surface area contributed by atoms with Gasteiger partial charge in [0.25, 0.3) is 0 Å². The largest absolute Gasteiger partial charge is 0.317 e. The highest BCUT2D eigenvalue weighted by Gasteiger charge is 2.14. The number of thioether (sulfide) groups is 1. The second-order valence-electron chi connectivity index (χ2n) is 4.71. The highest BCUT2D eigenvalue weighted by molar-refractivity contribution is 7.99. The lowest BCUT2D eigenvalue weighted by molar-refractivity contribution is 0.228. The lowest BCUT2D eigenvalue weighted by atomic mass is 10.2. The third kappa shape index (κ3) is 5.07. The summed E-state index contributed by atoms with van der Waals surface area (Å²) in [5.41, 5.74) is 0. The van der Waals surface area contributed by atoms with Crippen LogP contribution in [-0.4, -0.2) is 48.1 Å². The molecular formula is C13H28N2S. The minimum Gasteiger partial charge on any atom is -0.317 e. The maximum atomic E-state index is 3.43. The summed E-state index contributed by atoms with van der Waals surface area (Å²) < 4.78 is 0. The molecule has 1 rings (SSSR count). The van der Waals surface area contributed by atoms with Crippen molar-refractivity contribution in [3.63, 3.8) is 0 Å². The molecule has 0 amide bonds. The van der Waals surface area contributed by atoms with Crippen LogP contribution in [0.3, 0.4) is 0 Å². The molecule has 16 heavy (non-hydrogen) atoms. The molecule has 0 aromatic heterocycles. The monoisotopic (exact) mass is 244 g/mol. The van der Waals surface area contributed by atoms with Crippen LogP contribution in [0.15, 0.2) is 0 Å². The van der Waals surface area contributed by atoms with E-state index in [9.17, 15) is 0 Å². The Hall–Kier alpha value is 0.270. The molecule has 1 aliphatic rings. The Kier molecular flexibility index (Phi) is 7.50. The predicted octanol–water partition coefficient (Wildman–Crippen LogP) is 2.59. The standard InChI is InChI=1S/C13H28N2S/c1-4-12(3)15(5-2)10-11-16-13-6-8-14-9-7-13/h12-14H,4-11H2,1-3H3. The molecule has 0 aromatic carbocycles. The molecule has 0 aromatic rings. The number of hydrogen-bond acceptors (Lipinski definition) is 3. The highest BCUT2D eigenvalue weighted by atomic mass is 32.2. The van der Waals surface area contributed by atoms with Crippen molar-refractivity contribution >= 4 is 11.8 Å². The van der Waals surface area contributed by atoms with Gasteiger partial charge in [-0.1, -0.05) is 13.8 Å². The smallest absolute Gasteiger partial charge is 0.00751 e. The van der Waals surface area contributed by atoms with Gasteiger partial charge in [0.15, 0.2) is 0 Å². The maximum Gasteiger partial charge on any atom is 0.00751 e. The molecule has 1 heterocycles. The van der Waals surface area contributed by atoms with Crippen LogP contribution in [0.1, 0.15) is 40.0 Å². The topological polar surface area (TPSA) is 15.3 Å². The van der Waals surface area contributed by atoms with Gasteiger partial charge in [0.05, 0.1) is 0 Å². The molecule has 1 N–H and O–H groups in total. The molecule has 1 saturated heterocycles. The fraction of sp³-hybridized carbons (Fsp3) is 1.00. The van der Waals surface area contributed by atoms with Crippen molar-refractivity contribution in [2.45, 2.75) is 51.3 Å². The quantitative estimate of drug-likeness (QED) is 0.741. The summed E-state index contributed by atoms with van der Waals surface area (Å²) in [5, 5.41) is 4.34. The summed E-state index contributed by atoms with van der Waals surface area (Å²) >= 11 is 2.19. The summed E-state index contributed by atoms with van der Waals surface area (Å²) in [6, 6.07) is 0.749. The lowest BCUT2D eigenvalue weighted by Gasteiger charge is -2.28.